The summed E-state index contributed by atoms with van der Waals surface area (Å²) in [5, 5.41) is 0. The lowest BCUT2D eigenvalue weighted by Gasteiger charge is -2.19. The van der Waals surface area contributed by atoms with Gasteiger partial charge in [-0.25, -0.2) is 0 Å². The molecule has 2 aromatic carbocycles. The first-order chi connectivity index (χ1) is 15.9. The lowest BCUT2D eigenvalue weighted by atomic mass is 9.98. The Morgan fingerprint density at radius 1 is 1.09 bits per heavy atom. The number of thioether (sulfide) groups is 1. The Labute approximate surface area is 205 Å². The topological polar surface area (TPSA) is 12.5 Å². The summed E-state index contributed by atoms with van der Waals surface area (Å²) in [4.78, 5) is 2.40. The first kappa shape index (κ1) is 25.2. The molecule has 0 saturated heterocycles. The number of ether oxygens (including phenoxy) is 1. The first-order valence-electron chi connectivity index (χ1n) is 11.9. The highest BCUT2D eigenvalue weighted by atomic mass is 32.2. The molecule has 0 atom stereocenters. The van der Waals surface area contributed by atoms with Gasteiger partial charge >= 0.3 is 0 Å². The Kier molecular flexibility index (Phi) is 9.73. The number of likely N-dealkylation sites (N-methyl/N-ethyl adjacent to an activating group) is 1. The van der Waals surface area contributed by atoms with Crippen molar-refractivity contribution in [1.82, 2.24) is 4.90 Å². The summed E-state index contributed by atoms with van der Waals surface area (Å²) in [6, 6.07) is 17.2. The molecule has 3 rings (SSSR count). The maximum atomic E-state index is 6.16. The van der Waals surface area contributed by atoms with Gasteiger partial charge in [0.05, 0.1) is 0 Å². The van der Waals surface area contributed by atoms with E-state index in [9.17, 15) is 0 Å². The Bertz CT molecular complexity index is 1020. The molecule has 2 aromatic rings. The van der Waals surface area contributed by atoms with Gasteiger partial charge in [0.15, 0.2) is 0 Å². The summed E-state index contributed by atoms with van der Waals surface area (Å²) in [6.07, 6.45) is 7.67. The first-order valence-corrected chi connectivity index (χ1v) is 13.1. The Morgan fingerprint density at radius 2 is 1.91 bits per heavy atom. The molecule has 0 bridgehead atoms. The quantitative estimate of drug-likeness (QED) is 0.368. The minimum absolute atomic E-state index is 0.0444. The summed E-state index contributed by atoms with van der Waals surface area (Å²) < 4.78 is 6.16. The van der Waals surface area contributed by atoms with E-state index in [0.29, 0.717) is 6.61 Å². The molecule has 0 aromatic heterocycles. The third-order valence-corrected chi connectivity index (χ3v) is 6.42. The van der Waals surface area contributed by atoms with Crippen LogP contribution in [0.1, 0.15) is 50.8 Å². The van der Waals surface area contributed by atoms with E-state index < -0.39 is 0 Å². The summed E-state index contributed by atoms with van der Waals surface area (Å²) in [5.74, 6) is 9.67. The van der Waals surface area contributed by atoms with Gasteiger partial charge in [0.2, 0.25) is 0 Å². The molecule has 1 aliphatic rings. The second-order valence-electron chi connectivity index (χ2n) is 9.46. The van der Waals surface area contributed by atoms with Crippen molar-refractivity contribution in [3.8, 4) is 17.6 Å². The van der Waals surface area contributed by atoms with Crippen molar-refractivity contribution in [2.45, 2.75) is 47.3 Å². The van der Waals surface area contributed by atoms with E-state index in [1.54, 1.807) is 0 Å². The zero-order valence-electron chi connectivity index (χ0n) is 20.6. The van der Waals surface area contributed by atoms with Gasteiger partial charge in [0, 0.05) is 24.3 Å². The Hall–Kier alpha value is -2.41. The fourth-order valence-corrected chi connectivity index (χ4v) is 4.54. The largest absolute Gasteiger partial charge is 0.489 e. The van der Waals surface area contributed by atoms with Crippen LogP contribution in [-0.4, -0.2) is 29.5 Å². The molecule has 1 aliphatic heterocycles. The smallest absolute Gasteiger partial charge is 0.120 e. The molecule has 3 heteroatoms. The van der Waals surface area contributed by atoms with E-state index in [1.807, 2.05) is 23.9 Å². The molecule has 0 unspecified atom stereocenters. The second kappa shape index (κ2) is 12.7. The van der Waals surface area contributed by atoms with Crippen LogP contribution in [0, 0.1) is 17.3 Å². The second-order valence-corrected chi connectivity index (χ2v) is 10.6. The van der Waals surface area contributed by atoms with Crippen molar-refractivity contribution < 1.29 is 4.74 Å². The summed E-state index contributed by atoms with van der Waals surface area (Å²) in [7, 11) is 0. The summed E-state index contributed by atoms with van der Waals surface area (Å²) in [5.41, 5.74) is 5.31. The number of benzene rings is 2. The van der Waals surface area contributed by atoms with E-state index in [0.717, 1.165) is 31.1 Å². The molecule has 0 N–H and O–H groups in total. The van der Waals surface area contributed by atoms with Crippen LogP contribution in [0.25, 0.3) is 5.57 Å². The highest BCUT2D eigenvalue weighted by Gasteiger charge is 2.08. The Balaban J connectivity index is 1.55. The minimum Gasteiger partial charge on any atom is -0.489 e. The third-order valence-electron chi connectivity index (χ3n) is 5.38. The van der Waals surface area contributed by atoms with E-state index in [2.05, 4.69) is 99.1 Å². The van der Waals surface area contributed by atoms with E-state index in [1.165, 1.54) is 34.4 Å². The molecule has 0 spiro atoms. The zero-order valence-corrected chi connectivity index (χ0v) is 21.4. The van der Waals surface area contributed by atoms with Crippen LogP contribution in [0.15, 0.2) is 66.8 Å². The van der Waals surface area contributed by atoms with Gasteiger partial charge < -0.3 is 4.74 Å². The molecule has 0 saturated carbocycles. The SMILES string of the molecule is CCN(C/C=C/C#CC(C)(C)C)Cc1cccc(OCc2cccc(C3=CCCSC3)c2)c1. The van der Waals surface area contributed by atoms with Crippen LogP contribution >= 0.6 is 11.8 Å². The van der Waals surface area contributed by atoms with Gasteiger partial charge in [-0.3, -0.25) is 4.90 Å². The Morgan fingerprint density at radius 3 is 2.67 bits per heavy atom. The molecule has 2 nitrogen and oxygen atoms in total. The number of hydrogen-bond acceptors (Lipinski definition) is 3. The lowest BCUT2D eigenvalue weighted by Crippen LogP contribution is -2.22. The number of allylic oxidation sites excluding steroid dienone is 2. The van der Waals surface area contributed by atoms with Gasteiger partial charge in [0.1, 0.15) is 12.4 Å². The van der Waals surface area contributed by atoms with Crippen LogP contribution in [-0.2, 0) is 13.2 Å². The molecule has 1 heterocycles. The van der Waals surface area contributed by atoms with E-state index in [4.69, 9.17) is 4.74 Å². The average Bonchev–Trinajstić information content (AvgIpc) is 2.82. The molecule has 33 heavy (non-hydrogen) atoms. The van der Waals surface area contributed by atoms with Gasteiger partial charge in [-0.15, -0.1) is 0 Å². The maximum absolute atomic E-state index is 6.16. The van der Waals surface area contributed by atoms with E-state index in [-0.39, 0.29) is 5.41 Å². The lowest BCUT2D eigenvalue weighted by molar-refractivity contribution is 0.299. The molecule has 0 aliphatic carbocycles. The number of rotatable bonds is 9. The highest BCUT2D eigenvalue weighted by molar-refractivity contribution is 7.99. The van der Waals surface area contributed by atoms with Crippen LogP contribution in [0.4, 0.5) is 0 Å². The fraction of sp³-hybridized carbons (Fsp3) is 0.400. The van der Waals surface area contributed by atoms with Crippen LogP contribution in [0.3, 0.4) is 0 Å². The molecule has 0 radical (unpaired) electrons. The van der Waals surface area contributed by atoms with Gasteiger partial charge in [-0.2, -0.15) is 11.8 Å². The molecule has 174 valence electrons. The van der Waals surface area contributed by atoms with Crippen molar-refractivity contribution >= 4 is 17.3 Å². The maximum Gasteiger partial charge on any atom is 0.120 e. The normalized spacial score (nSPS) is 14.2. The van der Waals surface area contributed by atoms with Crippen molar-refractivity contribution in [2.24, 2.45) is 5.41 Å². The monoisotopic (exact) mass is 459 g/mol. The fourth-order valence-electron chi connectivity index (χ4n) is 3.60. The third kappa shape index (κ3) is 9.16. The van der Waals surface area contributed by atoms with Crippen molar-refractivity contribution in [3.05, 3.63) is 83.4 Å². The highest BCUT2D eigenvalue weighted by Crippen LogP contribution is 2.26. The van der Waals surface area contributed by atoms with Crippen LogP contribution in [0.2, 0.25) is 0 Å². The minimum atomic E-state index is 0.0444. The van der Waals surface area contributed by atoms with Gasteiger partial charge in [-0.1, -0.05) is 61.2 Å². The van der Waals surface area contributed by atoms with Crippen molar-refractivity contribution in [1.29, 1.82) is 0 Å². The van der Waals surface area contributed by atoms with Gasteiger partial charge in [0.25, 0.3) is 0 Å². The molecule has 0 amide bonds. The number of hydrogen-bond donors (Lipinski definition) is 0. The average molecular weight is 460 g/mol. The zero-order chi connectivity index (χ0) is 23.5. The van der Waals surface area contributed by atoms with Crippen LogP contribution in [0.5, 0.6) is 5.75 Å². The molecular formula is C30H37NOS. The summed E-state index contributed by atoms with van der Waals surface area (Å²) in [6.45, 7) is 11.9. The van der Waals surface area contributed by atoms with Crippen molar-refractivity contribution in [3.63, 3.8) is 0 Å². The van der Waals surface area contributed by atoms with E-state index >= 15 is 0 Å². The summed E-state index contributed by atoms with van der Waals surface area (Å²) >= 11 is 2.02. The molecular weight excluding hydrogens is 422 g/mol. The standard InChI is InChI=1S/C30H37NOS/c1-5-31(18-8-6-7-17-30(2,3)4)22-25-12-10-16-29(21-25)32-23-26-13-9-14-27(20-26)28-15-11-19-33-24-28/h6,8-10,12-16,20-21H,5,11,18-19,22-24H2,1-4H3/b8-6+. The molecule has 0 fully saturated rings. The predicted molar refractivity (Wildman–Crippen MR) is 144 cm³/mol. The predicted octanol–water partition coefficient (Wildman–Crippen LogP) is 7.21. The van der Waals surface area contributed by atoms with Gasteiger partial charge in [-0.05, 0) is 86.0 Å². The van der Waals surface area contributed by atoms with Crippen molar-refractivity contribution in [2.75, 3.05) is 24.6 Å². The van der Waals surface area contributed by atoms with Crippen LogP contribution < -0.4 is 4.74 Å². The number of nitrogens with zero attached hydrogens (tertiary/aromatic N) is 1.